The highest BCUT2D eigenvalue weighted by Crippen LogP contribution is 2.12. The van der Waals surface area contributed by atoms with Crippen molar-refractivity contribution in [2.45, 2.75) is 12.8 Å². The molecule has 0 saturated carbocycles. The third-order valence-electron chi connectivity index (χ3n) is 1.71. The molecule has 0 unspecified atom stereocenters. The Morgan fingerprint density at radius 2 is 1.60 bits per heavy atom. The molecule has 1 aromatic carbocycles. The maximum absolute atomic E-state index is 9.00. The molecule has 0 aromatic heterocycles. The van der Waals surface area contributed by atoms with Crippen molar-refractivity contribution in [3.8, 4) is 0 Å². The van der Waals surface area contributed by atoms with Gasteiger partial charge in [0.05, 0.1) is 13.2 Å². The summed E-state index contributed by atoms with van der Waals surface area (Å²) in [4.78, 5) is 9.00. The minimum absolute atomic E-state index is 0.000509. The average molecular weight is 212 g/mol. The molecule has 0 aliphatic carbocycles. The molecule has 0 saturated heterocycles. The van der Waals surface area contributed by atoms with Crippen LogP contribution < -0.4 is 0 Å². The molecule has 0 radical (unpaired) electrons. The standard InChI is InChI=1S/C9H12O2.C2H4O2/c10-6-9(7-11)8-4-2-1-3-5-8;1-2(3)4/h1-5,9-11H,6-7H2;1H3,(H,3,4). The van der Waals surface area contributed by atoms with E-state index in [1.54, 1.807) is 0 Å². The summed E-state index contributed by atoms with van der Waals surface area (Å²) in [5, 5.41) is 25.1. The summed E-state index contributed by atoms with van der Waals surface area (Å²) in [6.45, 7) is 1.08. The van der Waals surface area contributed by atoms with E-state index in [-0.39, 0.29) is 19.1 Å². The third kappa shape index (κ3) is 6.65. The summed E-state index contributed by atoms with van der Waals surface area (Å²) >= 11 is 0. The molecule has 0 amide bonds. The largest absolute Gasteiger partial charge is 0.481 e. The van der Waals surface area contributed by atoms with E-state index in [0.29, 0.717) is 0 Å². The number of carboxylic acid groups (broad SMARTS) is 1. The first-order valence-electron chi connectivity index (χ1n) is 4.58. The van der Waals surface area contributed by atoms with E-state index in [1.807, 2.05) is 30.3 Å². The quantitative estimate of drug-likeness (QED) is 0.694. The van der Waals surface area contributed by atoms with Gasteiger partial charge in [-0.25, -0.2) is 0 Å². The van der Waals surface area contributed by atoms with Crippen molar-refractivity contribution in [3.05, 3.63) is 35.9 Å². The Bertz CT molecular complexity index is 263. The molecule has 0 spiro atoms. The van der Waals surface area contributed by atoms with E-state index >= 15 is 0 Å². The fourth-order valence-electron chi connectivity index (χ4n) is 0.994. The second-order valence-electron chi connectivity index (χ2n) is 2.99. The van der Waals surface area contributed by atoms with Gasteiger partial charge in [0.2, 0.25) is 0 Å². The summed E-state index contributed by atoms with van der Waals surface area (Å²) in [5.74, 6) is -0.962. The highest BCUT2D eigenvalue weighted by atomic mass is 16.4. The van der Waals surface area contributed by atoms with Crippen LogP contribution in [0.2, 0.25) is 0 Å². The summed E-state index contributed by atoms with van der Waals surface area (Å²) in [6, 6.07) is 9.50. The molecule has 1 rings (SSSR count). The van der Waals surface area contributed by atoms with Crippen LogP contribution in [-0.2, 0) is 4.79 Å². The van der Waals surface area contributed by atoms with Crippen molar-refractivity contribution in [3.63, 3.8) is 0 Å². The Morgan fingerprint density at radius 1 is 1.20 bits per heavy atom. The van der Waals surface area contributed by atoms with Crippen molar-refractivity contribution >= 4 is 5.97 Å². The van der Waals surface area contributed by atoms with E-state index in [2.05, 4.69) is 0 Å². The van der Waals surface area contributed by atoms with Crippen LogP contribution in [0.1, 0.15) is 18.4 Å². The van der Waals surface area contributed by atoms with Crippen molar-refractivity contribution in [1.82, 2.24) is 0 Å². The van der Waals surface area contributed by atoms with Crippen LogP contribution in [0.5, 0.6) is 0 Å². The summed E-state index contributed by atoms with van der Waals surface area (Å²) in [6.07, 6.45) is 0. The molecular formula is C11H16O4. The Labute approximate surface area is 88.8 Å². The molecule has 84 valence electrons. The lowest BCUT2D eigenvalue weighted by molar-refractivity contribution is -0.134. The molecule has 0 fully saturated rings. The average Bonchev–Trinajstić information content (AvgIpc) is 2.20. The fourth-order valence-corrected chi connectivity index (χ4v) is 0.994. The Morgan fingerprint density at radius 3 is 1.93 bits per heavy atom. The summed E-state index contributed by atoms with van der Waals surface area (Å²) < 4.78 is 0. The van der Waals surface area contributed by atoms with Crippen molar-refractivity contribution in [2.24, 2.45) is 0 Å². The lowest BCUT2D eigenvalue weighted by Crippen LogP contribution is -2.08. The van der Waals surface area contributed by atoms with Gasteiger partial charge in [-0.05, 0) is 5.56 Å². The Balaban J connectivity index is 0.000000423. The van der Waals surface area contributed by atoms with Crippen LogP contribution in [0.15, 0.2) is 30.3 Å². The monoisotopic (exact) mass is 212 g/mol. The van der Waals surface area contributed by atoms with Gasteiger partial charge in [-0.15, -0.1) is 0 Å². The predicted molar refractivity (Wildman–Crippen MR) is 56.7 cm³/mol. The van der Waals surface area contributed by atoms with E-state index in [9.17, 15) is 0 Å². The number of aliphatic hydroxyl groups is 2. The number of aliphatic carboxylic acids is 1. The SMILES string of the molecule is CC(=O)O.OCC(CO)c1ccccc1. The van der Waals surface area contributed by atoms with Crippen LogP contribution >= 0.6 is 0 Å². The Kier molecular flexibility index (Phi) is 7.23. The van der Waals surface area contributed by atoms with Gasteiger partial charge < -0.3 is 15.3 Å². The first kappa shape index (κ1) is 13.6. The zero-order valence-corrected chi connectivity index (χ0v) is 8.63. The molecule has 0 bridgehead atoms. The number of carboxylic acids is 1. The molecule has 3 N–H and O–H groups in total. The number of carbonyl (C=O) groups is 1. The van der Waals surface area contributed by atoms with Gasteiger partial charge in [0.15, 0.2) is 0 Å². The number of rotatable bonds is 3. The summed E-state index contributed by atoms with van der Waals surface area (Å²) in [7, 11) is 0. The van der Waals surface area contributed by atoms with Crippen LogP contribution in [0, 0.1) is 0 Å². The van der Waals surface area contributed by atoms with E-state index in [1.165, 1.54) is 0 Å². The molecule has 15 heavy (non-hydrogen) atoms. The molecule has 0 atom stereocenters. The zero-order valence-electron chi connectivity index (χ0n) is 8.63. The topological polar surface area (TPSA) is 77.8 Å². The fraction of sp³-hybridized carbons (Fsp3) is 0.364. The number of benzene rings is 1. The van der Waals surface area contributed by atoms with Gasteiger partial charge in [0.25, 0.3) is 5.97 Å². The van der Waals surface area contributed by atoms with Crippen LogP contribution in [-0.4, -0.2) is 34.5 Å². The first-order chi connectivity index (χ1) is 7.11. The first-order valence-corrected chi connectivity index (χ1v) is 4.58. The summed E-state index contributed by atoms with van der Waals surface area (Å²) in [5.41, 5.74) is 0.984. The van der Waals surface area contributed by atoms with Crippen LogP contribution in [0.4, 0.5) is 0 Å². The van der Waals surface area contributed by atoms with Gasteiger partial charge in [0, 0.05) is 12.8 Å². The van der Waals surface area contributed by atoms with Crippen LogP contribution in [0.3, 0.4) is 0 Å². The van der Waals surface area contributed by atoms with Crippen molar-refractivity contribution in [1.29, 1.82) is 0 Å². The van der Waals surface area contributed by atoms with E-state index in [0.717, 1.165) is 12.5 Å². The number of hydrogen-bond donors (Lipinski definition) is 3. The van der Waals surface area contributed by atoms with E-state index in [4.69, 9.17) is 20.1 Å². The van der Waals surface area contributed by atoms with Gasteiger partial charge in [-0.1, -0.05) is 30.3 Å². The number of hydrogen-bond acceptors (Lipinski definition) is 3. The van der Waals surface area contributed by atoms with E-state index < -0.39 is 5.97 Å². The van der Waals surface area contributed by atoms with Crippen molar-refractivity contribution in [2.75, 3.05) is 13.2 Å². The Hall–Kier alpha value is -1.39. The van der Waals surface area contributed by atoms with Crippen molar-refractivity contribution < 1.29 is 20.1 Å². The minimum Gasteiger partial charge on any atom is -0.481 e. The zero-order chi connectivity index (χ0) is 11.7. The highest BCUT2D eigenvalue weighted by Gasteiger charge is 2.06. The molecular weight excluding hydrogens is 196 g/mol. The highest BCUT2D eigenvalue weighted by molar-refractivity contribution is 5.62. The van der Waals surface area contributed by atoms with Gasteiger partial charge in [0.1, 0.15) is 0 Å². The maximum Gasteiger partial charge on any atom is 0.300 e. The molecule has 0 aliphatic rings. The molecule has 4 nitrogen and oxygen atoms in total. The normalized spacial score (nSPS) is 9.33. The lowest BCUT2D eigenvalue weighted by Gasteiger charge is -2.09. The third-order valence-corrected chi connectivity index (χ3v) is 1.71. The van der Waals surface area contributed by atoms with Gasteiger partial charge >= 0.3 is 0 Å². The lowest BCUT2D eigenvalue weighted by atomic mass is 10.0. The predicted octanol–water partition coefficient (Wildman–Crippen LogP) is 0.846. The van der Waals surface area contributed by atoms with Crippen LogP contribution in [0.25, 0.3) is 0 Å². The smallest absolute Gasteiger partial charge is 0.300 e. The second kappa shape index (κ2) is 7.96. The molecule has 4 heteroatoms. The number of aliphatic hydroxyl groups excluding tert-OH is 2. The molecule has 0 aliphatic heterocycles. The molecule has 0 heterocycles. The molecule has 1 aromatic rings. The maximum atomic E-state index is 9.00. The van der Waals surface area contributed by atoms with Gasteiger partial charge in [-0.2, -0.15) is 0 Å². The minimum atomic E-state index is -0.833. The van der Waals surface area contributed by atoms with Gasteiger partial charge in [-0.3, -0.25) is 4.79 Å². The second-order valence-corrected chi connectivity index (χ2v) is 2.99.